The van der Waals surface area contributed by atoms with Gasteiger partial charge in [0.25, 0.3) is 0 Å². The largest absolute Gasteiger partial charge is 0.394 e. The van der Waals surface area contributed by atoms with Crippen LogP contribution >= 0.6 is 35.7 Å². The van der Waals surface area contributed by atoms with E-state index in [4.69, 9.17) is 5.11 Å². The Kier molecular flexibility index (Phi) is 10.3. The molecule has 1 atom stereocenters. The number of halogens is 1. The molecular weight excluding hydrogens is 361 g/mol. The predicted molar refractivity (Wildman–Crippen MR) is 91.1 cm³/mol. The van der Waals surface area contributed by atoms with Crippen LogP contribution in [0.3, 0.4) is 0 Å². The van der Waals surface area contributed by atoms with E-state index < -0.39 is 0 Å². The average Bonchev–Trinajstić information content (AvgIpc) is 2.34. The molecule has 0 spiro atoms. The van der Waals surface area contributed by atoms with Crippen molar-refractivity contribution in [3.8, 4) is 0 Å². The van der Waals surface area contributed by atoms with E-state index in [1.165, 1.54) is 0 Å². The molecule has 4 nitrogen and oxygen atoms in total. The van der Waals surface area contributed by atoms with Gasteiger partial charge in [0.05, 0.1) is 13.2 Å². The summed E-state index contributed by atoms with van der Waals surface area (Å²) in [4.78, 5) is 6.74. The van der Waals surface area contributed by atoms with Crippen LogP contribution in [-0.4, -0.2) is 59.8 Å². The number of aliphatic hydroxyl groups excluding tert-OH is 1. The van der Waals surface area contributed by atoms with Gasteiger partial charge in [-0.2, -0.15) is 11.8 Å². The highest BCUT2D eigenvalue weighted by Crippen LogP contribution is 2.24. The van der Waals surface area contributed by atoms with Gasteiger partial charge in [0.2, 0.25) is 0 Å². The summed E-state index contributed by atoms with van der Waals surface area (Å²) in [5, 5.41) is 12.8. The molecule has 0 saturated carbocycles. The van der Waals surface area contributed by atoms with E-state index in [9.17, 15) is 0 Å². The summed E-state index contributed by atoms with van der Waals surface area (Å²) in [5.74, 6) is 2.81. The van der Waals surface area contributed by atoms with Crippen LogP contribution in [0.5, 0.6) is 0 Å². The number of nitrogens with zero attached hydrogens (tertiary/aromatic N) is 2. The number of nitrogens with one attached hydrogen (secondary N) is 1. The highest BCUT2D eigenvalue weighted by molar-refractivity contribution is 14.0. The molecule has 108 valence electrons. The van der Waals surface area contributed by atoms with Gasteiger partial charge in [0, 0.05) is 30.6 Å². The Morgan fingerprint density at radius 3 is 2.83 bits per heavy atom. The first-order chi connectivity index (χ1) is 8.19. The van der Waals surface area contributed by atoms with Crippen molar-refractivity contribution < 1.29 is 5.11 Å². The van der Waals surface area contributed by atoms with Gasteiger partial charge in [-0.05, 0) is 12.8 Å². The first-order valence-electron chi connectivity index (χ1n) is 6.44. The third kappa shape index (κ3) is 5.97. The summed E-state index contributed by atoms with van der Waals surface area (Å²) in [5.41, 5.74) is 0. The Morgan fingerprint density at radius 1 is 1.56 bits per heavy atom. The second-order valence-electron chi connectivity index (χ2n) is 4.56. The number of thioether (sulfide) groups is 1. The molecule has 0 aromatic heterocycles. The summed E-state index contributed by atoms with van der Waals surface area (Å²) >= 11 is 2.06. The second kappa shape index (κ2) is 10.1. The molecule has 0 aromatic rings. The molecule has 0 bridgehead atoms. The zero-order valence-corrected chi connectivity index (χ0v) is 14.7. The monoisotopic (exact) mass is 387 g/mol. The molecule has 1 saturated heterocycles. The van der Waals surface area contributed by atoms with E-state index in [0.29, 0.717) is 17.7 Å². The summed E-state index contributed by atoms with van der Waals surface area (Å²) in [6.45, 7) is 10.2. The van der Waals surface area contributed by atoms with Crippen molar-refractivity contribution in [1.82, 2.24) is 10.2 Å². The van der Waals surface area contributed by atoms with Crippen molar-refractivity contribution in [3.05, 3.63) is 0 Å². The fourth-order valence-electron chi connectivity index (χ4n) is 1.85. The maximum absolute atomic E-state index is 8.86. The highest BCUT2D eigenvalue weighted by atomic mass is 127. The normalized spacial score (nSPS) is 20.8. The van der Waals surface area contributed by atoms with Gasteiger partial charge in [-0.25, -0.2) is 0 Å². The van der Waals surface area contributed by atoms with Crippen molar-refractivity contribution in [3.63, 3.8) is 0 Å². The van der Waals surface area contributed by atoms with Crippen LogP contribution in [-0.2, 0) is 0 Å². The molecule has 1 aliphatic heterocycles. The summed E-state index contributed by atoms with van der Waals surface area (Å²) < 4.78 is 0. The Balaban J connectivity index is 0.00000289. The zero-order valence-electron chi connectivity index (χ0n) is 11.6. The van der Waals surface area contributed by atoms with Gasteiger partial charge in [-0.1, -0.05) is 13.8 Å². The predicted octanol–water partition coefficient (Wildman–Crippen LogP) is 1.64. The first-order valence-corrected chi connectivity index (χ1v) is 7.49. The summed E-state index contributed by atoms with van der Waals surface area (Å²) in [7, 11) is 0. The minimum atomic E-state index is 0. The van der Waals surface area contributed by atoms with Gasteiger partial charge in [-0.3, -0.25) is 4.99 Å². The van der Waals surface area contributed by atoms with Crippen LogP contribution in [0, 0.1) is 5.92 Å². The van der Waals surface area contributed by atoms with Crippen LogP contribution in [0.4, 0.5) is 0 Å². The molecule has 2 N–H and O–H groups in total. The van der Waals surface area contributed by atoms with E-state index in [1.54, 1.807) is 0 Å². The van der Waals surface area contributed by atoms with Crippen LogP contribution in [0.1, 0.15) is 20.8 Å². The third-order valence-electron chi connectivity index (χ3n) is 2.83. The fourth-order valence-corrected chi connectivity index (χ4v) is 3.15. The lowest BCUT2D eigenvalue weighted by Crippen LogP contribution is -2.49. The minimum Gasteiger partial charge on any atom is -0.394 e. The molecule has 18 heavy (non-hydrogen) atoms. The molecule has 0 radical (unpaired) electrons. The number of aliphatic hydroxyl groups is 1. The van der Waals surface area contributed by atoms with E-state index in [1.807, 2.05) is 0 Å². The highest BCUT2D eigenvalue weighted by Gasteiger charge is 2.24. The van der Waals surface area contributed by atoms with Crippen LogP contribution < -0.4 is 5.32 Å². The molecule has 0 amide bonds. The first kappa shape index (κ1) is 18.3. The van der Waals surface area contributed by atoms with Crippen molar-refractivity contribution in [2.24, 2.45) is 10.9 Å². The third-order valence-corrected chi connectivity index (χ3v) is 4.37. The Bertz CT molecular complexity index is 251. The maximum atomic E-state index is 8.86. The molecule has 1 aliphatic rings. The Morgan fingerprint density at radius 2 is 2.28 bits per heavy atom. The number of rotatable bonds is 4. The Labute approximate surface area is 132 Å². The summed E-state index contributed by atoms with van der Waals surface area (Å²) in [6, 6.07) is 0. The standard InChI is InChI=1S/C12H25N3OS.HI/c1-4-13-12(14-5-7-16)15-6-8-17-11(9-15)10(2)3;/h10-11,16H,4-9H2,1-3H3,(H,13,14);1H. The lowest BCUT2D eigenvalue weighted by atomic mass is 10.1. The quantitative estimate of drug-likeness (QED) is 0.438. The molecule has 1 fully saturated rings. The summed E-state index contributed by atoms with van der Waals surface area (Å²) in [6.07, 6.45) is 0. The average molecular weight is 387 g/mol. The number of guanidine groups is 1. The number of hydrogen-bond acceptors (Lipinski definition) is 3. The molecule has 1 heterocycles. The van der Waals surface area contributed by atoms with Crippen molar-refractivity contribution in [2.45, 2.75) is 26.0 Å². The van der Waals surface area contributed by atoms with Crippen molar-refractivity contribution in [2.75, 3.05) is 38.5 Å². The van der Waals surface area contributed by atoms with E-state index >= 15 is 0 Å². The molecule has 0 aliphatic carbocycles. The van der Waals surface area contributed by atoms with E-state index in [0.717, 1.165) is 31.3 Å². The maximum Gasteiger partial charge on any atom is 0.194 e. The van der Waals surface area contributed by atoms with Gasteiger partial charge >= 0.3 is 0 Å². The molecule has 6 heteroatoms. The molecule has 1 unspecified atom stereocenters. The second-order valence-corrected chi connectivity index (χ2v) is 5.91. The number of hydrogen-bond donors (Lipinski definition) is 2. The lowest BCUT2D eigenvalue weighted by molar-refractivity contribution is 0.304. The molecule has 0 aromatic carbocycles. The van der Waals surface area contributed by atoms with Crippen molar-refractivity contribution in [1.29, 1.82) is 0 Å². The molecular formula is C12H26IN3OS. The van der Waals surface area contributed by atoms with Gasteiger partial charge < -0.3 is 15.3 Å². The van der Waals surface area contributed by atoms with Gasteiger partial charge in [-0.15, -0.1) is 24.0 Å². The van der Waals surface area contributed by atoms with Gasteiger partial charge in [0.15, 0.2) is 5.96 Å². The zero-order chi connectivity index (χ0) is 12.7. The number of aliphatic imine (C=N–C) groups is 1. The Hall–Kier alpha value is 0.310. The molecule has 1 rings (SSSR count). The van der Waals surface area contributed by atoms with Crippen LogP contribution in [0.2, 0.25) is 0 Å². The van der Waals surface area contributed by atoms with E-state index in [-0.39, 0.29) is 30.6 Å². The lowest BCUT2D eigenvalue weighted by Gasteiger charge is -2.36. The van der Waals surface area contributed by atoms with E-state index in [2.05, 4.69) is 47.7 Å². The van der Waals surface area contributed by atoms with Crippen LogP contribution in [0.25, 0.3) is 0 Å². The van der Waals surface area contributed by atoms with Crippen molar-refractivity contribution >= 4 is 41.7 Å². The van der Waals surface area contributed by atoms with Crippen LogP contribution in [0.15, 0.2) is 4.99 Å². The fraction of sp³-hybridized carbons (Fsp3) is 0.917. The minimum absolute atomic E-state index is 0. The smallest absolute Gasteiger partial charge is 0.194 e. The SMILES string of the molecule is CCNC(=NCCO)N1CCSC(C(C)C)C1.I. The van der Waals surface area contributed by atoms with Gasteiger partial charge in [0.1, 0.15) is 0 Å². The topological polar surface area (TPSA) is 47.9 Å².